The molecule has 254 valence electrons. The fourth-order valence-corrected chi connectivity index (χ4v) is 5.37. The van der Waals surface area contributed by atoms with Crippen molar-refractivity contribution in [1.82, 2.24) is 0 Å². The van der Waals surface area contributed by atoms with Gasteiger partial charge in [0.25, 0.3) is 11.9 Å². The topological polar surface area (TPSA) is 270 Å². The van der Waals surface area contributed by atoms with Crippen LogP contribution in [0.3, 0.4) is 0 Å². The Bertz CT molecular complexity index is 1390. The summed E-state index contributed by atoms with van der Waals surface area (Å²) in [6.45, 7) is -1.43. The van der Waals surface area contributed by atoms with Gasteiger partial charge in [-0.3, -0.25) is 0 Å². The van der Waals surface area contributed by atoms with E-state index >= 15 is 0 Å². The summed E-state index contributed by atoms with van der Waals surface area (Å²) in [6, 6.07) is 5.27. The van der Waals surface area contributed by atoms with E-state index in [1.807, 2.05) is 0 Å². The number of fused-ring (bicyclic) bond motifs is 1. The highest BCUT2D eigenvalue weighted by atomic mass is 16.7. The van der Waals surface area contributed by atoms with Crippen LogP contribution in [0.4, 0.5) is 0 Å². The first-order chi connectivity index (χ1) is 21.9. The summed E-state index contributed by atoms with van der Waals surface area (Å²) in [4.78, 5) is 0. The molecule has 2 fully saturated rings. The van der Waals surface area contributed by atoms with E-state index in [0.29, 0.717) is 5.56 Å². The maximum Gasteiger partial charge on any atom is 0.270 e. The van der Waals surface area contributed by atoms with Crippen LogP contribution in [0, 0.1) is 0 Å². The molecule has 11 N–H and O–H groups in total. The summed E-state index contributed by atoms with van der Waals surface area (Å²) in [5.41, 5.74) is 0.441. The van der Waals surface area contributed by atoms with Gasteiger partial charge in [0.15, 0.2) is 17.3 Å². The Balaban J connectivity index is 1.59. The lowest BCUT2D eigenvalue weighted by Crippen LogP contribution is -2.60. The third-order valence-corrected chi connectivity index (χ3v) is 7.94. The third kappa shape index (κ3) is 6.21. The number of benzene rings is 2. The van der Waals surface area contributed by atoms with Crippen LogP contribution in [-0.2, 0) is 14.2 Å². The van der Waals surface area contributed by atoms with Crippen LogP contribution in [0.25, 0.3) is 6.08 Å². The minimum absolute atomic E-state index is 0.00471. The Morgan fingerprint density at radius 2 is 1.20 bits per heavy atom. The van der Waals surface area contributed by atoms with E-state index < -0.39 is 80.7 Å². The molecule has 1 unspecified atom stereocenters. The van der Waals surface area contributed by atoms with Gasteiger partial charge in [-0.15, -0.1) is 0 Å². The zero-order valence-electron chi connectivity index (χ0n) is 24.5. The molecule has 46 heavy (non-hydrogen) atoms. The highest BCUT2D eigenvalue weighted by Crippen LogP contribution is 2.48. The van der Waals surface area contributed by atoms with E-state index in [-0.39, 0.29) is 45.8 Å². The fourth-order valence-electron chi connectivity index (χ4n) is 5.37. The van der Waals surface area contributed by atoms with Crippen molar-refractivity contribution in [2.24, 2.45) is 0 Å². The normalized spacial score (nSPS) is 34.1. The second kappa shape index (κ2) is 13.6. The number of rotatable bonds is 9. The van der Waals surface area contributed by atoms with Crippen molar-refractivity contribution in [3.05, 3.63) is 41.2 Å². The second-order valence-corrected chi connectivity index (χ2v) is 10.9. The summed E-state index contributed by atoms with van der Waals surface area (Å²) in [5, 5.41) is 102. The molecule has 5 rings (SSSR count). The molecule has 2 aromatic carbocycles. The predicted molar refractivity (Wildman–Crippen MR) is 151 cm³/mol. The average Bonchev–Trinajstić information content (AvgIpc) is 3.05. The van der Waals surface area contributed by atoms with Crippen molar-refractivity contribution in [2.45, 2.75) is 67.5 Å². The smallest absolute Gasteiger partial charge is 0.270 e. The molecular formula is C29H37O17+. The molecule has 0 amide bonds. The minimum atomic E-state index is -1.80. The van der Waals surface area contributed by atoms with Crippen LogP contribution in [0.5, 0.6) is 34.5 Å². The third-order valence-electron chi connectivity index (χ3n) is 7.94. The van der Waals surface area contributed by atoms with E-state index in [2.05, 4.69) is 4.74 Å². The lowest BCUT2D eigenvalue weighted by Gasteiger charge is -2.40. The molecule has 17 nitrogen and oxygen atoms in total. The van der Waals surface area contributed by atoms with Crippen LogP contribution in [0.15, 0.2) is 30.0 Å². The Hall–Kier alpha value is -3.62. The Morgan fingerprint density at radius 1 is 0.674 bits per heavy atom. The quantitative estimate of drug-likeness (QED) is 0.124. The maximum atomic E-state index is 10.7. The summed E-state index contributed by atoms with van der Waals surface area (Å²) in [7, 11) is 2.63. The molecule has 2 saturated heterocycles. The Labute approximate surface area is 261 Å². The van der Waals surface area contributed by atoms with Gasteiger partial charge in [-0.2, -0.15) is 0 Å². The number of hydrogen-bond donors (Lipinski definition) is 10. The molecule has 3 aliphatic heterocycles. The average molecular weight is 658 g/mol. The van der Waals surface area contributed by atoms with Crippen LogP contribution >= 0.6 is 0 Å². The van der Waals surface area contributed by atoms with Crippen molar-refractivity contribution in [3.8, 4) is 34.5 Å². The highest BCUT2D eigenvalue weighted by molar-refractivity contribution is 5.70. The van der Waals surface area contributed by atoms with Crippen LogP contribution in [-0.4, -0.2) is 145 Å². The van der Waals surface area contributed by atoms with Crippen molar-refractivity contribution >= 4 is 6.08 Å². The van der Waals surface area contributed by atoms with Gasteiger partial charge in [0.2, 0.25) is 18.3 Å². The zero-order valence-corrected chi connectivity index (χ0v) is 24.5. The van der Waals surface area contributed by atoms with E-state index in [4.69, 9.17) is 28.4 Å². The lowest BCUT2D eigenvalue weighted by molar-refractivity contribution is -0.295. The van der Waals surface area contributed by atoms with E-state index in [0.717, 1.165) is 6.07 Å². The number of aliphatic hydroxyl groups excluding tert-OH is 8. The van der Waals surface area contributed by atoms with Crippen LogP contribution in [0.1, 0.15) is 17.2 Å². The summed E-state index contributed by atoms with van der Waals surface area (Å²) in [5.74, 6) is -0.758. The SMILES string of the molecule is COc1cc(C2[OH+]c3cc(O)cc(O[C@@H]4O[C@@H](CO)[C@H](O)[C@@H](O)[C@@H]4O)c3C=C2O[C@@H]2O[C@@H](CO)[C@H](O)[C@@H](O)[C@@H]2O)cc(OC)c1O. The molecule has 11 atom stereocenters. The summed E-state index contributed by atoms with van der Waals surface area (Å²) >= 11 is 0. The van der Waals surface area contributed by atoms with Gasteiger partial charge in [0.05, 0.1) is 39.1 Å². The van der Waals surface area contributed by atoms with E-state index in [1.165, 1.54) is 38.5 Å². The van der Waals surface area contributed by atoms with Crippen LogP contribution in [0.2, 0.25) is 0 Å². The number of ether oxygens (including phenoxy) is 7. The monoisotopic (exact) mass is 657 g/mol. The molecule has 2 aromatic rings. The molecular weight excluding hydrogens is 620 g/mol. The number of aromatic hydroxyl groups is 3. The Kier molecular flexibility index (Phi) is 9.99. The molecule has 0 aliphatic carbocycles. The largest absolute Gasteiger partial charge is 0.571 e. The standard InChI is InChI=1S/C29H36O17/c1-40-15-3-10(4-16(41-2)20(15)33)27-17(44-29-26(39)24(37)22(35)19(9-31)46-29)7-12-13(42-27)5-11(32)6-14(12)43-28-25(38)23(36)21(34)18(8-30)45-28/h3-7,18-19,21-39H,8-9H2,1-2H3/p+1/t18-,19-,21-,22-,23+,24+,25-,26-,27?,28+,29+/m0/s1. The van der Waals surface area contributed by atoms with Gasteiger partial charge in [0.1, 0.15) is 65.9 Å². The van der Waals surface area contributed by atoms with Crippen molar-refractivity contribution in [2.75, 3.05) is 27.4 Å². The van der Waals surface area contributed by atoms with Gasteiger partial charge < -0.3 is 84.2 Å². The molecule has 0 radical (unpaired) electrons. The number of phenolic OH excluding ortho intramolecular Hbond substituents is 2. The first-order valence-electron chi connectivity index (χ1n) is 14.1. The first kappa shape index (κ1) is 33.7. The van der Waals surface area contributed by atoms with Crippen molar-refractivity contribution in [1.29, 1.82) is 0 Å². The molecule has 0 bridgehead atoms. The van der Waals surface area contributed by atoms with E-state index in [9.17, 15) is 51.1 Å². The number of phenols is 2. The number of methoxy groups -OCH3 is 2. The maximum absolute atomic E-state index is 10.7. The molecule has 0 saturated carbocycles. The minimum Gasteiger partial charge on any atom is -0.571 e. The lowest BCUT2D eigenvalue weighted by atomic mass is 9.98. The van der Waals surface area contributed by atoms with Crippen molar-refractivity contribution < 1.29 is 84.2 Å². The van der Waals surface area contributed by atoms with Gasteiger partial charge in [-0.1, -0.05) is 0 Å². The molecule has 0 aromatic heterocycles. The Morgan fingerprint density at radius 3 is 1.70 bits per heavy atom. The van der Waals surface area contributed by atoms with Crippen molar-refractivity contribution in [3.63, 3.8) is 0 Å². The van der Waals surface area contributed by atoms with Gasteiger partial charge in [-0.05, 0) is 12.1 Å². The zero-order chi connectivity index (χ0) is 33.4. The molecule has 3 heterocycles. The molecule has 0 spiro atoms. The molecule has 3 aliphatic rings. The first-order valence-corrected chi connectivity index (χ1v) is 14.1. The highest BCUT2D eigenvalue weighted by Gasteiger charge is 2.48. The van der Waals surface area contributed by atoms with Gasteiger partial charge in [0, 0.05) is 12.1 Å². The second-order valence-electron chi connectivity index (χ2n) is 10.9. The summed E-state index contributed by atoms with van der Waals surface area (Å²) in [6.07, 6.45) is -16.0. The summed E-state index contributed by atoms with van der Waals surface area (Å²) < 4.78 is 38.1. The van der Waals surface area contributed by atoms with E-state index in [1.54, 1.807) is 0 Å². The fraction of sp³-hybridized carbons (Fsp3) is 0.517. The van der Waals surface area contributed by atoms with Gasteiger partial charge in [-0.25, -0.2) is 0 Å². The number of hydrogen-bond acceptors (Lipinski definition) is 16. The number of aliphatic hydroxyl groups is 9. The molecule has 17 heteroatoms. The van der Waals surface area contributed by atoms with Crippen LogP contribution < -0.4 is 14.2 Å². The predicted octanol–water partition coefficient (Wildman–Crippen LogP) is -2.55. The van der Waals surface area contributed by atoms with Gasteiger partial charge >= 0.3 is 0 Å².